The summed E-state index contributed by atoms with van der Waals surface area (Å²) in [6.45, 7) is 2.08. The summed E-state index contributed by atoms with van der Waals surface area (Å²) < 4.78 is 3.00. The average Bonchev–Trinajstić information content (AvgIpc) is 3.00. The van der Waals surface area contributed by atoms with Gasteiger partial charge in [-0.25, -0.2) is 0 Å². The summed E-state index contributed by atoms with van der Waals surface area (Å²) in [5.41, 5.74) is 2.24. The highest BCUT2D eigenvalue weighted by molar-refractivity contribution is 9.10. The van der Waals surface area contributed by atoms with E-state index in [1.807, 2.05) is 16.8 Å². The number of benzene rings is 1. The van der Waals surface area contributed by atoms with Crippen LogP contribution in [0.25, 0.3) is 5.69 Å². The molecule has 4 nitrogen and oxygen atoms in total. The second-order valence-electron chi connectivity index (χ2n) is 4.86. The van der Waals surface area contributed by atoms with Gasteiger partial charge in [0.05, 0.1) is 5.69 Å². The van der Waals surface area contributed by atoms with Crippen molar-refractivity contribution in [1.82, 2.24) is 20.2 Å². The smallest absolute Gasteiger partial charge is 0.159 e. The van der Waals surface area contributed by atoms with Crippen LogP contribution in [0.1, 0.15) is 43.0 Å². The van der Waals surface area contributed by atoms with Gasteiger partial charge in [0.25, 0.3) is 0 Å². The van der Waals surface area contributed by atoms with E-state index in [4.69, 9.17) is 0 Å². The number of aromatic nitrogens is 4. The van der Waals surface area contributed by atoms with Crippen molar-refractivity contribution in [2.75, 3.05) is 0 Å². The number of rotatable bonds is 2. The third kappa shape index (κ3) is 2.07. The Bertz CT molecular complexity index is 558. The maximum atomic E-state index is 4.22. The molecule has 3 rings (SSSR count). The zero-order valence-electron chi connectivity index (χ0n) is 10.3. The van der Waals surface area contributed by atoms with Crippen molar-refractivity contribution in [3.8, 4) is 5.69 Å². The molecule has 5 heteroatoms. The van der Waals surface area contributed by atoms with E-state index in [0.29, 0.717) is 5.92 Å². The first-order chi connectivity index (χ1) is 8.75. The van der Waals surface area contributed by atoms with Gasteiger partial charge in [0.15, 0.2) is 5.82 Å². The molecule has 0 bridgehead atoms. The van der Waals surface area contributed by atoms with Crippen LogP contribution in [0.3, 0.4) is 0 Å². The highest BCUT2D eigenvalue weighted by atomic mass is 79.9. The summed E-state index contributed by atoms with van der Waals surface area (Å²) in [7, 11) is 0. The van der Waals surface area contributed by atoms with Crippen LogP contribution in [0.2, 0.25) is 0 Å². The third-order valence-electron chi connectivity index (χ3n) is 3.60. The van der Waals surface area contributed by atoms with Crippen LogP contribution < -0.4 is 0 Å². The summed E-state index contributed by atoms with van der Waals surface area (Å²) in [4.78, 5) is 0. The first-order valence-corrected chi connectivity index (χ1v) is 7.10. The Kier molecular flexibility index (Phi) is 3.16. The van der Waals surface area contributed by atoms with Gasteiger partial charge < -0.3 is 0 Å². The fraction of sp³-hybridized carbons (Fsp3) is 0.462. The first-order valence-electron chi connectivity index (χ1n) is 6.30. The van der Waals surface area contributed by atoms with Crippen molar-refractivity contribution >= 4 is 15.9 Å². The number of aryl methyl sites for hydroxylation is 1. The molecule has 1 aromatic carbocycles. The highest BCUT2D eigenvalue weighted by Crippen LogP contribution is 2.33. The van der Waals surface area contributed by atoms with Gasteiger partial charge in [-0.2, -0.15) is 4.68 Å². The van der Waals surface area contributed by atoms with Crippen LogP contribution in [0, 0.1) is 6.92 Å². The third-order valence-corrected chi connectivity index (χ3v) is 4.49. The number of halogens is 1. The second kappa shape index (κ2) is 4.80. The molecule has 2 aromatic rings. The van der Waals surface area contributed by atoms with Gasteiger partial charge in [-0.05, 0) is 54.0 Å². The Balaban J connectivity index is 2.00. The molecular formula is C13H15BrN4. The Hall–Kier alpha value is -1.23. The zero-order valence-corrected chi connectivity index (χ0v) is 11.9. The monoisotopic (exact) mass is 306 g/mol. The van der Waals surface area contributed by atoms with Crippen LogP contribution in [0.4, 0.5) is 0 Å². The Morgan fingerprint density at radius 1 is 1.28 bits per heavy atom. The molecule has 0 unspecified atom stereocenters. The summed E-state index contributed by atoms with van der Waals surface area (Å²) in [5, 5.41) is 12.2. The average molecular weight is 307 g/mol. The molecule has 1 aliphatic rings. The van der Waals surface area contributed by atoms with E-state index < -0.39 is 0 Å². The van der Waals surface area contributed by atoms with Crippen molar-refractivity contribution < 1.29 is 0 Å². The van der Waals surface area contributed by atoms with Crippen LogP contribution in [0.15, 0.2) is 22.7 Å². The van der Waals surface area contributed by atoms with E-state index >= 15 is 0 Å². The van der Waals surface area contributed by atoms with Crippen molar-refractivity contribution in [2.45, 2.75) is 38.5 Å². The Morgan fingerprint density at radius 2 is 2.06 bits per heavy atom. The van der Waals surface area contributed by atoms with Gasteiger partial charge in [0.1, 0.15) is 0 Å². The van der Waals surface area contributed by atoms with Crippen molar-refractivity contribution in [2.24, 2.45) is 0 Å². The Labute approximate surface area is 115 Å². The van der Waals surface area contributed by atoms with Gasteiger partial charge in [-0.3, -0.25) is 0 Å². The van der Waals surface area contributed by atoms with Crippen molar-refractivity contribution in [3.05, 3.63) is 34.1 Å². The van der Waals surface area contributed by atoms with E-state index in [0.717, 1.165) is 16.0 Å². The van der Waals surface area contributed by atoms with Gasteiger partial charge in [-0.1, -0.05) is 28.8 Å². The maximum Gasteiger partial charge on any atom is 0.159 e. The van der Waals surface area contributed by atoms with Gasteiger partial charge in [-0.15, -0.1) is 5.10 Å². The van der Waals surface area contributed by atoms with Crippen LogP contribution in [-0.4, -0.2) is 20.2 Å². The quantitative estimate of drug-likeness (QED) is 0.854. The number of hydrogen-bond acceptors (Lipinski definition) is 3. The fourth-order valence-electron chi connectivity index (χ4n) is 2.58. The van der Waals surface area contributed by atoms with Crippen LogP contribution in [0.5, 0.6) is 0 Å². The maximum absolute atomic E-state index is 4.22. The van der Waals surface area contributed by atoms with Gasteiger partial charge in [0, 0.05) is 10.4 Å². The lowest BCUT2D eigenvalue weighted by Gasteiger charge is -2.10. The second-order valence-corrected chi connectivity index (χ2v) is 5.72. The van der Waals surface area contributed by atoms with E-state index in [-0.39, 0.29) is 0 Å². The molecule has 0 radical (unpaired) electrons. The lowest BCUT2D eigenvalue weighted by Crippen LogP contribution is -2.07. The lowest BCUT2D eigenvalue weighted by molar-refractivity contribution is 0.636. The van der Waals surface area contributed by atoms with E-state index in [1.165, 1.54) is 31.2 Å². The standard InChI is InChI=1S/C13H15BrN4/c1-9-8-11(6-7-12(9)14)18-13(15-16-17-18)10-4-2-3-5-10/h6-8,10H,2-5H2,1H3. The van der Waals surface area contributed by atoms with Crippen LogP contribution >= 0.6 is 15.9 Å². The molecule has 0 spiro atoms. The van der Waals surface area contributed by atoms with Crippen LogP contribution in [-0.2, 0) is 0 Å². The molecule has 1 fully saturated rings. The molecule has 94 valence electrons. The molecule has 0 atom stereocenters. The fourth-order valence-corrected chi connectivity index (χ4v) is 2.82. The molecule has 0 saturated heterocycles. The molecule has 0 amide bonds. The number of tetrazole rings is 1. The molecule has 1 aliphatic carbocycles. The zero-order chi connectivity index (χ0) is 12.5. The minimum atomic E-state index is 0.518. The van der Waals surface area contributed by atoms with E-state index in [9.17, 15) is 0 Å². The predicted molar refractivity (Wildman–Crippen MR) is 72.8 cm³/mol. The lowest BCUT2D eigenvalue weighted by atomic mass is 10.1. The Morgan fingerprint density at radius 3 is 2.78 bits per heavy atom. The molecule has 0 N–H and O–H groups in total. The normalized spacial score (nSPS) is 16.3. The summed E-state index contributed by atoms with van der Waals surface area (Å²) >= 11 is 3.52. The largest absolute Gasteiger partial charge is 0.197 e. The first kappa shape index (κ1) is 11.8. The van der Waals surface area contributed by atoms with E-state index in [2.05, 4.69) is 44.4 Å². The van der Waals surface area contributed by atoms with Crippen molar-refractivity contribution in [1.29, 1.82) is 0 Å². The molecule has 0 aliphatic heterocycles. The number of hydrogen-bond donors (Lipinski definition) is 0. The van der Waals surface area contributed by atoms with Gasteiger partial charge in [0.2, 0.25) is 0 Å². The highest BCUT2D eigenvalue weighted by Gasteiger charge is 2.23. The summed E-state index contributed by atoms with van der Waals surface area (Å²) in [6.07, 6.45) is 4.99. The molecule has 1 saturated carbocycles. The molecule has 1 heterocycles. The van der Waals surface area contributed by atoms with Gasteiger partial charge >= 0.3 is 0 Å². The minimum absolute atomic E-state index is 0.518. The molecular weight excluding hydrogens is 292 g/mol. The SMILES string of the molecule is Cc1cc(-n2nnnc2C2CCCC2)ccc1Br. The summed E-state index contributed by atoms with van der Waals surface area (Å²) in [6, 6.07) is 6.20. The number of nitrogens with zero attached hydrogens (tertiary/aromatic N) is 4. The molecule has 18 heavy (non-hydrogen) atoms. The van der Waals surface area contributed by atoms with Crippen molar-refractivity contribution in [3.63, 3.8) is 0 Å². The topological polar surface area (TPSA) is 43.6 Å². The summed E-state index contributed by atoms with van der Waals surface area (Å²) in [5.74, 6) is 1.53. The van der Waals surface area contributed by atoms with E-state index in [1.54, 1.807) is 0 Å². The predicted octanol–water partition coefficient (Wildman–Crippen LogP) is 3.39. The minimum Gasteiger partial charge on any atom is -0.197 e. The molecule has 1 aromatic heterocycles.